The molecule has 2 aromatic rings. The maximum Gasteiger partial charge on any atom is 0.151 e. The van der Waals surface area contributed by atoms with Crippen LogP contribution in [-0.4, -0.2) is 56.6 Å². The van der Waals surface area contributed by atoms with Gasteiger partial charge in [0.05, 0.1) is 13.2 Å². The SMILES string of the molecule is C#Cc1ccc2ccc(N3CCC(N4CCOCC4)C3)cc2c1C=O.[H]. The minimum Gasteiger partial charge on any atom is -0.379 e. The first-order valence-corrected chi connectivity index (χ1v) is 8.85. The minimum atomic E-state index is 0. The summed E-state index contributed by atoms with van der Waals surface area (Å²) in [4.78, 5) is 16.5. The largest absolute Gasteiger partial charge is 0.379 e. The number of ether oxygens (including phenoxy) is 1. The lowest BCUT2D eigenvalue weighted by Crippen LogP contribution is -2.44. The second kappa shape index (κ2) is 6.87. The lowest BCUT2D eigenvalue weighted by molar-refractivity contribution is 0.0209. The molecular formula is C21H23N2O2. The second-order valence-corrected chi connectivity index (χ2v) is 6.73. The van der Waals surface area contributed by atoms with E-state index in [-0.39, 0.29) is 1.43 Å². The van der Waals surface area contributed by atoms with Crippen molar-refractivity contribution in [3.05, 3.63) is 41.5 Å². The molecule has 0 N–H and O–H groups in total. The summed E-state index contributed by atoms with van der Waals surface area (Å²) in [7, 11) is 0. The van der Waals surface area contributed by atoms with E-state index in [1.165, 1.54) is 12.1 Å². The molecule has 2 aromatic carbocycles. The summed E-state index contributed by atoms with van der Waals surface area (Å²) in [5, 5.41) is 1.99. The fourth-order valence-corrected chi connectivity index (χ4v) is 4.00. The maximum atomic E-state index is 11.6. The van der Waals surface area contributed by atoms with Gasteiger partial charge >= 0.3 is 0 Å². The molecule has 0 saturated carbocycles. The number of terminal acetylenes is 1. The Balaban J connectivity index is 0.00000196. The van der Waals surface area contributed by atoms with Gasteiger partial charge in [-0.3, -0.25) is 9.69 Å². The third-order valence-corrected chi connectivity index (χ3v) is 5.41. The summed E-state index contributed by atoms with van der Waals surface area (Å²) < 4.78 is 5.46. The molecule has 2 saturated heterocycles. The zero-order valence-electron chi connectivity index (χ0n) is 15.3. The van der Waals surface area contributed by atoms with Crippen LogP contribution >= 0.6 is 0 Å². The maximum absolute atomic E-state index is 11.6. The monoisotopic (exact) mass is 335 g/mol. The molecule has 2 fully saturated rings. The van der Waals surface area contributed by atoms with Gasteiger partial charge in [-0.2, -0.15) is 0 Å². The average molecular weight is 335 g/mol. The van der Waals surface area contributed by atoms with Gasteiger partial charge in [0.25, 0.3) is 0 Å². The molecule has 4 heteroatoms. The van der Waals surface area contributed by atoms with Gasteiger partial charge in [-0.05, 0) is 35.4 Å². The van der Waals surface area contributed by atoms with Crippen LogP contribution in [0, 0.1) is 12.3 Å². The highest BCUT2D eigenvalue weighted by Crippen LogP contribution is 2.29. The van der Waals surface area contributed by atoms with E-state index < -0.39 is 0 Å². The normalized spacial score (nSPS) is 21.4. The molecule has 0 amide bonds. The van der Waals surface area contributed by atoms with E-state index in [1.54, 1.807) is 0 Å². The quantitative estimate of drug-likeness (QED) is 0.638. The highest BCUT2D eigenvalue weighted by atomic mass is 16.5. The van der Waals surface area contributed by atoms with Crippen LogP contribution in [0.15, 0.2) is 30.3 Å². The average Bonchev–Trinajstić information content (AvgIpc) is 3.17. The Hall–Kier alpha value is -2.35. The first-order valence-electron chi connectivity index (χ1n) is 8.85. The van der Waals surface area contributed by atoms with E-state index in [2.05, 4.69) is 33.9 Å². The number of carbonyl (C=O) groups excluding carboxylic acids is 1. The third-order valence-electron chi connectivity index (χ3n) is 5.41. The van der Waals surface area contributed by atoms with E-state index in [4.69, 9.17) is 11.2 Å². The van der Waals surface area contributed by atoms with Crippen molar-refractivity contribution in [3.63, 3.8) is 0 Å². The van der Waals surface area contributed by atoms with Crippen LogP contribution in [0.2, 0.25) is 0 Å². The topological polar surface area (TPSA) is 32.8 Å². The van der Waals surface area contributed by atoms with Crippen molar-refractivity contribution < 1.29 is 11.0 Å². The van der Waals surface area contributed by atoms with Gasteiger partial charge in [0, 0.05) is 50.5 Å². The summed E-state index contributed by atoms with van der Waals surface area (Å²) in [5.74, 6) is 2.61. The Labute approximate surface area is 149 Å². The van der Waals surface area contributed by atoms with E-state index in [1.807, 2.05) is 12.1 Å². The Bertz CT molecular complexity index is 840. The zero-order valence-corrected chi connectivity index (χ0v) is 14.3. The highest BCUT2D eigenvalue weighted by Gasteiger charge is 2.29. The van der Waals surface area contributed by atoms with Gasteiger partial charge in [0.1, 0.15) is 0 Å². The van der Waals surface area contributed by atoms with Crippen LogP contribution in [0.5, 0.6) is 0 Å². The van der Waals surface area contributed by atoms with Crippen LogP contribution < -0.4 is 4.90 Å². The van der Waals surface area contributed by atoms with E-state index in [0.717, 1.165) is 56.5 Å². The van der Waals surface area contributed by atoms with Gasteiger partial charge in [0.15, 0.2) is 6.29 Å². The molecule has 0 aromatic heterocycles. The predicted octanol–water partition coefficient (Wildman–Crippen LogP) is 2.66. The summed E-state index contributed by atoms with van der Waals surface area (Å²) in [5.41, 5.74) is 2.44. The predicted molar refractivity (Wildman–Crippen MR) is 101 cm³/mol. The summed E-state index contributed by atoms with van der Waals surface area (Å²) in [6.07, 6.45) is 7.59. The van der Waals surface area contributed by atoms with Gasteiger partial charge < -0.3 is 9.64 Å². The van der Waals surface area contributed by atoms with E-state index in [0.29, 0.717) is 17.2 Å². The number of hydrogen-bond donors (Lipinski definition) is 0. The van der Waals surface area contributed by atoms with Crippen molar-refractivity contribution in [1.29, 1.82) is 0 Å². The number of nitrogens with zero attached hydrogens (tertiary/aromatic N) is 2. The number of morpholine rings is 1. The van der Waals surface area contributed by atoms with Crippen LogP contribution in [0.4, 0.5) is 5.69 Å². The molecule has 129 valence electrons. The number of carbonyl (C=O) groups is 1. The number of hydrogen-bond acceptors (Lipinski definition) is 4. The Morgan fingerprint density at radius 2 is 2.00 bits per heavy atom. The minimum absolute atomic E-state index is 0. The Kier molecular flexibility index (Phi) is 4.44. The van der Waals surface area contributed by atoms with Crippen molar-refractivity contribution in [2.45, 2.75) is 12.5 Å². The first-order chi connectivity index (χ1) is 12.3. The number of benzene rings is 2. The van der Waals surface area contributed by atoms with Crippen LogP contribution in [-0.2, 0) is 4.74 Å². The molecule has 1 atom stereocenters. The van der Waals surface area contributed by atoms with Crippen molar-refractivity contribution in [1.82, 2.24) is 4.90 Å². The fourth-order valence-electron chi connectivity index (χ4n) is 4.00. The molecule has 0 bridgehead atoms. The number of aldehydes is 1. The molecule has 2 aliphatic heterocycles. The van der Waals surface area contributed by atoms with Gasteiger partial charge in [-0.25, -0.2) is 0 Å². The molecule has 1 unspecified atom stereocenters. The molecule has 0 spiro atoms. The Morgan fingerprint density at radius 3 is 2.76 bits per heavy atom. The van der Waals surface area contributed by atoms with Crippen molar-refractivity contribution >= 4 is 22.7 Å². The highest BCUT2D eigenvalue weighted by molar-refractivity contribution is 6.01. The van der Waals surface area contributed by atoms with E-state index in [9.17, 15) is 4.79 Å². The van der Waals surface area contributed by atoms with Crippen molar-refractivity contribution in [3.8, 4) is 12.3 Å². The number of rotatable bonds is 3. The smallest absolute Gasteiger partial charge is 0.151 e. The number of anilines is 1. The van der Waals surface area contributed by atoms with Gasteiger partial charge in [0.2, 0.25) is 0 Å². The molecule has 0 aliphatic carbocycles. The van der Waals surface area contributed by atoms with Crippen LogP contribution in [0.3, 0.4) is 0 Å². The molecule has 4 rings (SSSR count). The molecule has 2 heterocycles. The van der Waals surface area contributed by atoms with Gasteiger partial charge in [-0.15, -0.1) is 6.42 Å². The summed E-state index contributed by atoms with van der Waals surface area (Å²) in [6.45, 7) is 5.79. The first kappa shape index (κ1) is 16.1. The fraction of sp³-hybridized carbons (Fsp3) is 0.381. The van der Waals surface area contributed by atoms with Crippen molar-refractivity contribution in [2.24, 2.45) is 0 Å². The number of fused-ring (bicyclic) bond motifs is 1. The third kappa shape index (κ3) is 3.02. The molecule has 2 aliphatic rings. The lowest BCUT2D eigenvalue weighted by Gasteiger charge is -2.32. The summed E-state index contributed by atoms with van der Waals surface area (Å²) in [6, 6.07) is 10.8. The molecular weight excluding hydrogens is 312 g/mol. The van der Waals surface area contributed by atoms with E-state index >= 15 is 0 Å². The summed E-state index contributed by atoms with van der Waals surface area (Å²) >= 11 is 0. The van der Waals surface area contributed by atoms with Crippen LogP contribution in [0.1, 0.15) is 23.8 Å². The molecule has 4 nitrogen and oxygen atoms in total. The van der Waals surface area contributed by atoms with Crippen molar-refractivity contribution in [2.75, 3.05) is 44.3 Å². The molecule has 25 heavy (non-hydrogen) atoms. The molecule has 1 radical (unpaired) electrons. The Morgan fingerprint density at radius 1 is 1.20 bits per heavy atom. The standard InChI is InChI=1S/C21H22N2O2.H/c1-2-16-3-4-17-5-6-18(13-20(17)21(16)15-24)23-8-7-19(14-23)22-9-11-25-12-10-22;/h1,3-6,13,15,19H,7-12,14H2;. The van der Waals surface area contributed by atoms with Crippen LogP contribution in [0.25, 0.3) is 10.8 Å². The zero-order chi connectivity index (χ0) is 17.2. The lowest BCUT2D eigenvalue weighted by atomic mass is 9.99. The van der Waals surface area contributed by atoms with Gasteiger partial charge in [-0.1, -0.05) is 18.1 Å². The second-order valence-electron chi connectivity index (χ2n) is 6.73.